The Kier molecular flexibility index (Phi) is 5.75. The molecule has 2 amide bonds. The van der Waals surface area contributed by atoms with Crippen LogP contribution in [0.3, 0.4) is 0 Å². The van der Waals surface area contributed by atoms with Crippen LogP contribution in [0, 0.1) is 5.41 Å². The summed E-state index contributed by atoms with van der Waals surface area (Å²) in [5, 5.41) is 8.97. The minimum atomic E-state index is -0.896. The van der Waals surface area contributed by atoms with Crippen molar-refractivity contribution in [2.45, 2.75) is 44.9 Å². The van der Waals surface area contributed by atoms with Crippen molar-refractivity contribution < 1.29 is 24.3 Å². The monoisotopic (exact) mass is 272 g/mol. The lowest BCUT2D eigenvalue weighted by Crippen LogP contribution is -2.36. The number of carboxylic acids is 1. The number of hydrogen-bond donors (Lipinski definition) is 3. The molecule has 1 aliphatic rings. The highest BCUT2D eigenvalue weighted by atomic mass is 16.7. The second-order valence-corrected chi connectivity index (χ2v) is 5.09. The van der Waals surface area contributed by atoms with Gasteiger partial charge in [0.05, 0.1) is 6.42 Å². The molecule has 1 fully saturated rings. The molecule has 0 heterocycles. The smallest absolute Gasteiger partial charge is 0.303 e. The molecule has 1 saturated carbocycles. The predicted molar refractivity (Wildman–Crippen MR) is 65.7 cm³/mol. The molecule has 0 aromatic rings. The van der Waals surface area contributed by atoms with Crippen LogP contribution in [0.5, 0.6) is 0 Å². The molecular formula is C12H20N2O5. The van der Waals surface area contributed by atoms with Crippen LogP contribution in [-0.2, 0) is 19.2 Å². The quantitative estimate of drug-likeness (QED) is 0.577. The first-order chi connectivity index (χ1) is 8.93. The summed E-state index contributed by atoms with van der Waals surface area (Å²) in [5.74, 6) is -1.99. The zero-order valence-electron chi connectivity index (χ0n) is 10.8. The van der Waals surface area contributed by atoms with Gasteiger partial charge in [-0.05, 0) is 18.3 Å². The number of nitrogens with one attached hydrogen (secondary N) is 1. The van der Waals surface area contributed by atoms with E-state index in [0.29, 0.717) is 0 Å². The molecule has 0 aromatic heterocycles. The normalized spacial score (nSPS) is 17.7. The standard InChI is InChI=1S/C12H20N2O5/c13-9(15)8-19-14-10(16)6-12(7-11(17)18)4-2-1-3-5-12/h1-8H2,(H2,13,15)(H,14,16)(H,17,18). The average molecular weight is 272 g/mol. The molecule has 0 saturated heterocycles. The SMILES string of the molecule is NC(=O)CONC(=O)CC1(CC(=O)O)CCCCC1. The van der Waals surface area contributed by atoms with Gasteiger partial charge in [-0.2, -0.15) is 0 Å². The predicted octanol–water partition coefficient (Wildman–Crippen LogP) is 0.335. The first-order valence-electron chi connectivity index (χ1n) is 6.34. The van der Waals surface area contributed by atoms with Crippen molar-refractivity contribution in [3.63, 3.8) is 0 Å². The van der Waals surface area contributed by atoms with Crippen LogP contribution in [0.2, 0.25) is 0 Å². The van der Waals surface area contributed by atoms with Crippen molar-refractivity contribution in [2.75, 3.05) is 6.61 Å². The third kappa shape index (κ3) is 5.69. The number of hydroxylamine groups is 1. The van der Waals surface area contributed by atoms with E-state index >= 15 is 0 Å². The summed E-state index contributed by atoms with van der Waals surface area (Å²) in [7, 11) is 0. The molecule has 0 aromatic carbocycles. The van der Waals surface area contributed by atoms with Gasteiger partial charge < -0.3 is 10.8 Å². The van der Waals surface area contributed by atoms with E-state index in [9.17, 15) is 14.4 Å². The van der Waals surface area contributed by atoms with Gasteiger partial charge in [-0.3, -0.25) is 19.2 Å². The average Bonchev–Trinajstić information content (AvgIpc) is 2.27. The maximum absolute atomic E-state index is 11.7. The van der Waals surface area contributed by atoms with Gasteiger partial charge in [-0.1, -0.05) is 19.3 Å². The van der Waals surface area contributed by atoms with Crippen LogP contribution in [0.1, 0.15) is 44.9 Å². The van der Waals surface area contributed by atoms with Gasteiger partial charge in [0.15, 0.2) is 6.61 Å². The molecule has 1 rings (SSSR count). The number of carboxylic acid groups (broad SMARTS) is 1. The van der Waals surface area contributed by atoms with Crippen LogP contribution in [0.15, 0.2) is 0 Å². The number of carbonyl (C=O) groups excluding carboxylic acids is 2. The fourth-order valence-corrected chi connectivity index (χ4v) is 2.60. The summed E-state index contributed by atoms with van der Waals surface area (Å²) in [5.41, 5.74) is 6.49. The van der Waals surface area contributed by atoms with Crippen molar-refractivity contribution in [1.82, 2.24) is 5.48 Å². The maximum Gasteiger partial charge on any atom is 0.303 e. The summed E-state index contributed by atoms with van der Waals surface area (Å²) >= 11 is 0. The van der Waals surface area contributed by atoms with Crippen molar-refractivity contribution in [2.24, 2.45) is 11.1 Å². The van der Waals surface area contributed by atoms with Gasteiger partial charge in [0.1, 0.15) is 0 Å². The van der Waals surface area contributed by atoms with Crippen LogP contribution in [0.25, 0.3) is 0 Å². The second kappa shape index (κ2) is 7.08. The first-order valence-corrected chi connectivity index (χ1v) is 6.34. The number of hydrogen-bond acceptors (Lipinski definition) is 4. The molecule has 108 valence electrons. The van der Waals surface area contributed by atoms with E-state index in [1.54, 1.807) is 0 Å². The van der Waals surface area contributed by atoms with E-state index in [2.05, 4.69) is 10.3 Å². The fourth-order valence-electron chi connectivity index (χ4n) is 2.60. The van der Waals surface area contributed by atoms with Crippen LogP contribution in [-0.4, -0.2) is 29.5 Å². The van der Waals surface area contributed by atoms with E-state index in [1.165, 1.54) is 0 Å². The van der Waals surface area contributed by atoms with E-state index in [4.69, 9.17) is 10.8 Å². The van der Waals surface area contributed by atoms with E-state index in [1.807, 2.05) is 0 Å². The molecule has 0 aliphatic heterocycles. The number of amides is 2. The van der Waals surface area contributed by atoms with Crippen molar-refractivity contribution >= 4 is 17.8 Å². The minimum absolute atomic E-state index is 0.0176. The van der Waals surface area contributed by atoms with Gasteiger partial charge in [0.25, 0.3) is 0 Å². The molecular weight excluding hydrogens is 252 g/mol. The van der Waals surface area contributed by atoms with E-state index in [0.717, 1.165) is 32.1 Å². The largest absolute Gasteiger partial charge is 0.481 e. The Bertz CT molecular complexity index is 350. The zero-order chi connectivity index (χ0) is 14.3. The molecule has 0 unspecified atom stereocenters. The summed E-state index contributed by atoms with van der Waals surface area (Å²) in [6, 6.07) is 0. The topological polar surface area (TPSA) is 119 Å². The Balaban J connectivity index is 2.49. The van der Waals surface area contributed by atoms with Crippen LogP contribution < -0.4 is 11.2 Å². The second-order valence-electron chi connectivity index (χ2n) is 5.09. The number of nitrogens with two attached hydrogens (primary N) is 1. The van der Waals surface area contributed by atoms with Crippen LogP contribution >= 0.6 is 0 Å². The lowest BCUT2D eigenvalue weighted by atomic mass is 9.69. The lowest BCUT2D eigenvalue weighted by molar-refractivity contribution is -0.144. The van der Waals surface area contributed by atoms with Crippen molar-refractivity contribution in [3.05, 3.63) is 0 Å². The summed E-state index contributed by atoms with van der Waals surface area (Å²) < 4.78 is 0. The molecule has 1 aliphatic carbocycles. The Morgan fingerprint density at radius 2 is 1.79 bits per heavy atom. The number of carbonyl (C=O) groups is 3. The van der Waals surface area contributed by atoms with Crippen molar-refractivity contribution in [3.8, 4) is 0 Å². The molecule has 7 nitrogen and oxygen atoms in total. The summed E-state index contributed by atoms with van der Waals surface area (Å²) in [6.45, 7) is -0.391. The number of rotatable bonds is 7. The maximum atomic E-state index is 11.7. The van der Waals surface area contributed by atoms with Gasteiger partial charge in [0.2, 0.25) is 11.8 Å². The zero-order valence-corrected chi connectivity index (χ0v) is 10.8. The van der Waals surface area contributed by atoms with E-state index in [-0.39, 0.29) is 12.8 Å². The number of aliphatic carboxylic acids is 1. The Morgan fingerprint density at radius 3 is 2.32 bits per heavy atom. The Morgan fingerprint density at radius 1 is 1.16 bits per heavy atom. The molecule has 0 radical (unpaired) electrons. The van der Waals surface area contributed by atoms with Gasteiger partial charge >= 0.3 is 5.97 Å². The highest BCUT2D eigenvalue weighted by Gasteiger charge is 2.36. The van der Waals surface area contributed by atoms with Gasteiger partial charge in [-0.15, -0.1) is 0 Å². The molecule has 0 atom stereocenters. The first kappa shape index (κ1) is 15.4. The third-order valence-electron chi connectivity index (χ3n) is 3.38. The molecule has 7 heteroatoms. The fraction of sp³-hybridized carbons (Fsp3) is 0.750. The highest BCUT2D eigenvalue weighted by Crippen LogP contribution is 2.42. The molecule has 0 spiro atoms. The summed E-state index contributed by atoms with van der Waals surface area (Å²) in [4.78, 5) is 37.7. The Labute approximate surface area is 111 Å². The lowest BCUT2D eigenvalue weighted by Gasteiger charge is -2.35. The van der Waals surface area contributed by atoms with Crippen LogP contribution in [0.4, 0.5) is 0 Å². The van der Waals surface area contributed by atoms with E-state index < -0.39 is 29.8 Å². The molecule has 4 N–H and O–H groups in total. The minimum Gasteiger partial charge on any atom is -0.481 e. The van der Waals surface area contributed by atoms with Crippen molar-refractivity contribution in [1.29, 1.82) is 0 Å². The molecule has 19 heavy (non-hydrogen) atoms. The Hall–Kier alpha value is -1.63. The van der Waals surface area contributed by atoms with Gasteiger partial charge in [-0.25, -0.2) is 5.48 Å². The highest BCUT2D eigenvalue weighted by molar-refractivity contribution is 5.78. The summed E-state index contributed by atoms with van der Waals surface area (Å²) in [6.07, 6.45) is 4.46. The molecule has 0 bridgehead atoms. The van der Waals surface area contributed by atoms with Gasteiger partial charge in [0, 0.05) is 6.42 Å². The third-order valence-corrected chi connectivity index (χ3v) is 3.38. The number of primary amides is 1.